The summed E-state index contributed by atoms with van der Waals surface area (Å²) in [5.41, 5.74) is 0.464. The fraction of sp³-hybridized carbons (Fsp3) is 0.450. The van der Waals surface area contributed by atoms with E-state index in [0.29, 0.717) is 18.8 Å². The first kappa shape index (κ1) is 23.6. The summed E-state index contributed by atoms with van der Waals surface area (Å²) in [4.78, 5) is 28.1. The summed E-state index contributed by atoms with van der Waals surface area (Å²) in [5.74, 6) is -1.25. The Balaban J connectivity index is 1.72. The normalized spacial score (nSPS) is 15.3. The summed E-state index contributed by atoms with van der Waals surface area (Å²) in [6.07, 6.45) is 3.56. The minimum absolute atomic E-state index is 0.0550. The minimum Gasteiger partial charge on any atom is -0.461 e. The molecule has 2 heterocycles. The molecule has 0 unspecified atom stereocenters. The van der Waals surface area contributed by atoms with Gasteiger partial charge in [0.15, 0.2) is 0 Å². The molecule has 0 bridgehead atoms. The number of hydrogen-bond donors (Lipinski definition) is 0. The molecule has 0 aliphatic carbocycles. The van der Waals surface area contributed by atoms with Crippen molar-refractivity contribution >= 4 is 44.9 Å². The van der Waals surface area contributed by atoms with Gasteiger partial charge in [-0.2, -0.15) is 4.31 Å². The van der Waals surface area contributed by atoms with Crippen molar-refractivity contribution in [1.82, 2.24) is 9.29 Å². The van der Waals surface area contributed by atoms with Crippen molar-refractivity contribution in [2.45, 2.75) is 44.1 Å². The van der Waals surface area contributed by atoms with Crippen LogP contribution < -0.4 is 0 Å². The van der Waals surface area contributed by atoms with E-state index in [4.69, 9.17) is 21.1 Å². The second-order valence-electron chi connectivity index (χ2n) is 6.90. The van der Waals surface area contributed by atoms with Crippen LogP contribution in [-0.4, -0.2) is 49.3 Å². The van der Waals surface area contributed by atoms with Crippen molar-refractivity contribution in [3.05, 3.63) is 44.9 Å². The van der Waals surface area contributed by atoms with Gasteiger partial charge >= 0.3 is 11.9 Å². The largest absolute Gasteiger partial charge is 0.461 e. The Hall–Kier alpha value is -2.01. The van der Waals surface area contributed by atoms with Crippen LogP contribution in [0.3, 0.4) is 0 Å². The average Bonchev–Trinajstić information content (AvgIpc) is 3.04. The van der Waals surface area contributed by atoms with Crippen molar-refractivity contribution in [2.75, 3.05) is 19.7 Å². The lowest BCUT2D eigenvalue weighted by Crippen LogP contribution is -2.32. The molecule has 31 heavy (non-hydrogen) atoms. The fourth-order valence-electron chi connectivity index (χ4n) is 3.13. The molecule has 1 saturated heterocycles. The van der Waals surface area contributed by atoms with Crippen molar-refractivity contribution in [2.24, 2.45) is 0 Å². The minimum atomic E-state index is -3.82. The third-order valence-electron chi connectivity index (χ3n) is 4.70. The summed E-state index contributed by atoms with van der Waals surface area (Å²) in [6.45, 7) is 2.63. The smallest absolute Gasteiger partial charge is 0.367 e. The van der Waals surface area contributed by atoms with Gasteiger partial charge in [0.1, 0.15) is 11.5 Å². The van der Waals surface area contributed by atoms with Gasteiger partial charge in [-0.1, -0.05) is 24.4 Å². The maximum absolute atomic E-state index is 13.1. The molecule has 1 fully saturated rings. The molecule has 1 aliphatic rings. The number of sulfonamides is 1. The van der Waals surface area contributed by atoms with Crippen molar-refractivity contribution < 1.29 is 27.5 Å². The van der Waals surface area contributed by atoms with Crippen LogP contribution in [0.25, 0.3) is 0 Å². The van der Waals surface area contributed by atoms with Crippen LogP contribution in [0.2, 0.25) is 5.02 Å². The van der Waals surface area contributed by atoms with Crippen molar-refractivity contribution in [3.8, 4) is 0 Å². The zero-order valence-corrected chi connectivity index (χ0v) is 19.4. The van der Waals surface area contributed by atoms with Crippen molar-refractivity contribution in [3.63, 3.8) is 0 Å². The van der Waals surface area contributed by atoms with E-state index in [9.17, 15) is 18.0 Å². The zero-order chi connectivity index (χ0) is 22.4. The molecular weight excluding hydrogens is 464 g/mol. The third kappa shape index (κ3) is 5.82. The van der Waals surface area contributed by atoms with E-state index in [1.807, 2.05) is 0 Å². The molecule has 0 spiro atoms. The number of ether oxygens (including phenoxy) is 2. The van der Waals surface area contributed by atoms with Gasteiger partial charge in [0.25, 0.3) is 0 Å². The highest BCUT2D eigenvalue weighted by molar-refractivity contribution is 7.89. The number of carbonyl (C=O) groups is 2. The molecule has 0 atom stereocenters. The van der Waals surface area contributed by atoms with E-state index in [1.165, 1.54) is 22.5 Å². The number of halogens is 1. The molecule has 1 aromatic carbocycles. The maximum Gasteiger partial charge on any atom is 0.367 e. The quantitative estimate of drug-likeness (QED) is 0.547. The average molecular weight is 487 g/mol. The monoisotopic (exact) mass is 486 g/mol. The van der Waals surface area contributed by atoms with Crippen LogP contribution in [0, 0.1) is 0 Å². The lowest BCUT2D eigenvalue weighted by atomic mass is 10.2. The van der Waals surface area contributed by atoms with Gasteiger partial charge in [0.2, 0.25) is 15.0 Å². The van der Waals surface area contributed by atoms with Crippen molar-refractivity contribution in [1.29, 1.82) is 0 Å². The molecule has 0 amide bonds. The topological polar surface area (TPSA) is 103 Å². The van der Waals surface area contributed by atoms with Crippen LogP contribution in [0.4, 0.5) is 0 Å². The molecule has 2 aromatic rings. The second kappa shape index (κ2) is 10.5. The second-order valence-corrected chi connectivity index (χ2v) is 10.1. The number of rotatable bonds is 7. The van der Waals surface area contributed by atoms with Gasteiger partial charge in [0, 0.05) is 18.5 Å². The highest BCUT2D eigenvalue weighted by Crippen LogP contribution is 2.28. The molecule has 11 heteroatoms. The van der Waals surface area contributed by atoms with E-state index in [2.05, 4.69) is 4.98 Å². The van der Waals surface area contributed by atoms with Gasteiger partial charge in [0.05, 0.1) is 22.9 Å². The number of carbonyl (C=O) groups excluding carboxylic acids is 2. The maximum atomic E-state index is 13.1. The van der Waals surface area contributed by atoms with Gasteiger partial charge in [-0.05, 0) is 38.0 Å². The van der Waals surface area contributed by atoms with E-state index >= 15 is 0 Å². The Labute approximate surface area is 190 Å². The number of benzene rings is 1. The third-order valence-corrected chi connectivity index (χ3v) is 7.95. The molecular formula is C20H23ClN2O6S2. The number of aromatic nitrogens is 1. The first-order chi connectivity index (χ1) is 14.8. The Bertz CT molecular complexity index is 1050. The summed E-state index contributed by atoms with van der Waals surface area (Å²) in [6, 6.07) is 4.04. The summed E-state index contributed by atoms with van der Waals surface area (Å²) >= 11 is 7.26. The standard InChI is InChI=1S/C20H23ClN2O6S2/c1-2-28-20(25)18-22-15(13-30-18)12-29-19(24)14-7-8-16(21)17(11-14)31(26,27)23-9-5-3-4-6-10-23/h7-8,11,13H,2-6,9-10,12H2,1H3. The Kier molecular flexibility index (Phi) is 8.04. The number of thiazole rings is 1. The van der Waals surface area contributed by atoms with E-state index < -0.39 is 22.0 Å². The molecule has 0 radical (unpaired) electrons. The van der Waals surface area contributed by atoms with Gasteiger partial charge in [-0.3, -0.25) is 0 Å². The molecule has 168 valence electrons. The van der Waals surface area contributed by atoms with Crippen LogP contribution >= 0.6 is 22.9 Å². The number of nitrogens with zero attached hydrogens (tertiary/aromatic N) is 2. The van der Waals surface area contributed by atoms with Gasteiger partial charge in [-0.15, -0.1) is 11.3 Å². The molecule has 3 rings (SSSR count). The SMILES string of the molecule is CCOC(=O)c1nc(COC(=O)c2ccc(Cl)c(S(=O)(=O)N3CCCCCC3)c2)cs1. The number of esters is 2. The van der Waals surface area contributed by atoms with E-state index in [1.54, 1.807) is 12.3 Å². The van der Waals surface area contributed by atoms with Gasteiger partial charge in [-0.25, -0.2) is 23.0 Å². The lowest BCUT2D eigenvalue weighted by Gasteiger charge is -2.21. The first-order valence-corrected chi connectivity index (χ1v) is 12.6. The lowest BCUT2D eigenvalue weighted by molar-refractivity contribution is 0.0468. The van der Waals surface area contributed by atoms with Crippen LogP contribution in [0.5, 0.6) is 0 Å². The van der Waals surface area contributed by atoms with E-state index in [-0.39, 0.29) is 33.7 Å². The number of hydrogen-bond acceptors (Lipinski definition) is 8. The molecule has 1 aliphatic heterocycles. The Morgan fingerprint density at radius 2 is 1.84 bits per heavy atom. The zero-order valence-electron chi connectivity index (χ0n) is 17.0. The molecule has 0 N–H and O–H groups in total. The highest BCUT2D eigenvalue weighted by Gasteiger charge is 2.28. The molecule has 8 nitrogen and oxygen atoms in total. The predicted octanol–water partition coefficient (Wildman–Crippen LogP) is 3.89. The summed E-state index contributed by atoms with van der Waals surface area (Å²) in [7, 11) is -3.82. The Morgan fingerprint density at radius 1 is 1.13 bits per heavy atom. The highest BCUT2D eigenvalue weighted by atomic mass is 35.5. The van der Waals surface area contributed by atoms with E-state index in [0.717, 1.165) is 37.0 Å². The first-order valence-electron chi connectivity index (χ1n) is 9.91. The summed E-state index contributed by atoms with van der Waals surface area (Å²) < 4.78 is 37.7. The Morgan fingerprint density at radius 3 is 2.52 bits per heavy atom. The van der Waals surface area contributed by atoms with Crippen LogP contribution in [-0.2, 0) is 26.1 Å². The molecule has 0 saturated carbocycles. The predicted molar refractivity (Wildman–Crippen MR) is 116 cm³/mol. The van der Waals surface area contributed by atoms with Crippen LogP contribution in [0.1, 0.15) is 58.5 Å². The fourth-order valence-corrected chi connectivity index (χ4v) is 5.84. The summed E-state index contributed by atoms with van der Waals surface area (Å²) in [5, 5.41) is 1.82. The van der Waals surface area contributed by atoms with Crippen LogP contribution in [0.15, 0.2) is 28.5 Å². The van der Waals surface area contributed by atoms with Gasteiger partial charge < -0.3 is 9.47 Å². The molecule has 1 aromatic heterocycles.